The van der Waals surface area contributed by atoms with E-state index >= 15 is 0 Å². The van der Waals surface area contributed by atoms with E-state index in [1.807, 2.05) is 30.3 Å². The van der Waals surface area contributed by atoms with Gasteiger partial charge in [0.25, 0.3) is 0 Å². The number of hydrogen-bond donors (Lipinski definition) is 1. The van der Waals surface area contributed by atoms with E-state index in [1.54, 1.807) is 0 Å². The van der Waals surface area contributed by atoms with Gasteiger partial charge in [-0.05, 0) is 38.7 Å². The highest BCUT2D eigenvalue weighted by Gasteiger charge is 2.41. The molecule has 0 aliphatic carbocycles. The van der Waals surface area contributed by atoms with E-state index in [4.69, 9.17) is 0 Å². The van der Waals surface area contributed by atoms with Gasteiger partial charge in [-0.15, -0.1) is 0 Å². The molecule has 0 unspecified atom stereocenters. The van der Waals surface area contributed by atoms with Crippen molar-refractivity contribution in [1.82, 2.24) is 4.90 Å². The van der Waals surface area contributed by atoms with Crippen molar-refractivity contribution >= 4 is 0 Å². The zero-order chi connectivity index (χ0) is 13.4. The highest BCUT2D eigenvalue weighted by Crippen LogP contribution is 2.36. The molecular formula is C16H25NO. The summed E-state index contributed by atoms with van der Waals surface area (Å²) in [6, 6.07) is 10.1. The first-order valence-electron chi connectivity index (χ1n) is 6.84. The van der Waals surface area contributed by atoms with Gasteiger partial charge >= 0.3 is 0 Å². The summed E-state index contributed by atoms with van der Waals surface area (Å²) in [5.74, 6) is 0.517. The summed E-state index contributed by atoms with van der Waals surface area (Å²) in [5.41, 5.74) is 0.453. The van der Waals surface area contributed by atoms with E-state index in [-0.39, 0.29) is 5.54 Å². The van der Waals surface area contributed by atoms with E-state index in [0.717, 1.165) is 25.1 Å². The van der Waals surface area contributed by atoms with Crippen molar-refractivity contribution in [2.75, 3.05) is 13.1 Å². The van der Waals surface area contributed by atoms with Crippen LogP contribution in [-0.4, -0.2) is 28.6 Å². The Balaban J connectivity index is 2.28. The predicted octanol–water partition coefficient (Wildman–Crippen LogP) is 3.01. The average Bonchev–Trinajstić information content (AvgIpc) is 2.28. The number of β-amino-alcohol motifs (C(OH)–C–C–N with tert-alkyl or cyclic N) is 1. The molecule has 1 fully saturated rings. The molecule has 0 bridgehead atoms. The van der Waals surface area contributed by atoms with Crippen LogP contribution in [0.3, 0.4) is 0 Å². The molecule has 0 spiro atoms. The summed E-state index contributed by atoms with van der Waals surface area (Å²) < 4.78 is 0. The Bertz CT molecular complexity index is 395. The number of nitrogens with zero attached hydrogens (tertiary/aromatic N) is 1. The molecular weight excluding hydrogens is 222 g/mol. The van der Waals surface area contributed by atoms with Gasteiger partial charge in [0.15, 0.2) is 0 Å². The molecule has 2 nitrogen and oxygen atoms in total. The molecule has 1 aliphatic heterocycles. The second-order valence-electron chi connectivity index (χ2n) is 6.76. The second kappa shape index (κ2) is 4.67. The molecule has 2 heteroatoms. The Morgan fingerprint density at radius 1 is 1.22 bits per heavy atom. The number of hydrogen-bond acceptors (Lipinski definition) is 2. The molecule has 1 heterocycles. The van der Waals surface area contributed by atoms with Gasteiger partial charge in [0.05, 0.1) is 0 Å². The fourth-order valence-electron chi connectivity index (χ4n) is 2.93. The van der Waals surface area contributed by atoms with Crippen LogP contribution in [0.5, 0.6) is 0 Å². The number of piperidine rings is 1. The van der Waals surface area contributed by atoms with Crippen LogP contribution in [0.1, 0.15) is 39.7 Å². The monoisotopic (exact) mass is 247 g/mol. The van der Waals surface area contributed by atoms with Crippen LogP contribution in [0.4, 0.5) is 0 Å². The summed E-state index contributed by atoms with van der Waals surface area (Å²) in [5, 5.41) is 11.0. The van der Waals surface area contributed by atoms with Crippen LogP contribution in [0.2, 0.25) is 0 Å². The molecule has 0 saturated carbocycles. The molecule has 1 N–H and O–H groups in total. The fraction of sp³-hybridized carbons (Fsp3) is 0.625. The highest BCUT2D eigenvalue weighted by molar-refractivity contribution is 5.24. The standard InChI is InChI=1S/C16H25NO/c1-13-10-16(18,14-8-6-5-7-9-14)12-17(11-13)15(2,3)4/h5-9,13,18H,10-12H2,1-4H3/t13-,16-/m1/s1. The number of rotatable bonds is 1. The van der Waals surface area contributed by atoms with Crippen LogP contribution in [0.15, 0.2) is 30.3 Å². The Morgan fingerprint density at radius 2 is 1.83 bits per heavy atom. The van der Waals surface area contributed by atoms with Crippen molar-refractivity contribution in [1.29, 1.82) is 0 Å². The number of likely N-dealkylation sites (tertiary alicyclic amines) is 1. The summed E-state index contributed by atoms with van der Waals surface area (Å²) in [6.07, 6.45) is 0.851. The van der Waals surface area contributed by atoms with Crippen molar-refractivity contribution in [3.05, 3.63) is 35.9 Å². The maximum atomic E-state index is 11.0. The quantitative estimate of drug-likeness (QED) is 0.824. The summed E-state index contributed by atoms with van der Waals surface area (Å²) in [4.78, 5) is 2.40. The van der Waals surface area contributed by atoms with Crippen LogP contribution >= 0.6 is 0 Å². The van der Waals surface area contributed by atoms with Crippen molar-refractivity contribution in [3.8, 4) is 0 Å². The third-order valence-electron chi connectivity index (χ3n) is 3.93. The zero-order valence-corrected chi connectivity index (χ0v) is 12.0. The van der Waals surface area contributed by atoms with Crippen molar-refractivity contribution in [3.63, 3.8) is 0 Å². The minimum atomic E-state index is -0.702. The summed E-state index contributed by atoms with van der Waals surface area (Å²) in [7, 11) is 0. The van der Waals surface area contributed by atoms with Crippen LogP contribution in [-0.2, 0) is 5.60 Å². The maximum Gasteiger partial charge on any atom is 0.103 e. The van der Waals surface area contributed by atoms with E-state index in [9.17, 15) is 5.11 Å². The molecule has 1 aromatic rings. The molecule has 18 heavy (non-hydrogen) atoms. The van der Waals surface area contributed by atoms with Gasteiger partial charge in [-0.3, -0.25) is 4.90 Å². The Kier molecular flexibility index (Phi) is 3.52. The van der Waals surface area contributed by atoms with Crippen LogP contribution < -0.4 is 0 Å². The largest absolute Gasteiger partial charge is 0.384 e. The number of benzene rings is 1. The summed E-state index contributed by atoms with van der Waals surface area (Å²) in [6.45, 7) is 10.7. The Hall–Kier alpha value is -0.860. The summed E-state index contributed by atoms with van der Waals surface area (Å²) >= 11 is 0. The topological polar surface area (TPSA) is 23.5 Å². The van der Waals surface area contributed by atoms with Gasteiger partial charge in [-0.25, -0.2) is 0 Å². The third kappa shape index (κ3) is 2.76. The molecule has 0 radical (unpaired) electrons. The van der Waals surface area contributed by atoms with Crippen LogP contribution in [0, 0.1) is 5.92 Å². The molecule has 1 saturated heterocycles. The van der Waals surface area contributed by atoms with Gasteiger partial charge in [-0.2, -0.15) is 0 Å². The van der Waals surface area contributed by atoms with Crippen molar-refractivity contribution in [2.45, 2.75) is 45.3 Å². The molecule has 1 aromatic carbocycles. The molecule has 2 rings (SSSR count). The van der Waals surface area contributed by atoms with E-state index in [0.29, 0.717) is 5.92 Å². The van der Waals surface area contributed by atoms with Gasteiger partial charge in [0, 0.05) is 18.6 Å². The SMILES string of the molecule is C[C@H]1CN(C(C)(C)C)C[C@@](O)(c2ccccc2)C1. The fourth-order valence-corrected chi connectivity index (χ4v) is 2.93. The minimum Gasteiger partial charge on any atom is -0.384 e. The van der Waals surface area contributed by atoms with Crippen LogP contribution in [0.25, 0.3) is 0 Å². The van der Waals surface area contributed by atoms with Crippen molar-refractivity contribution in [2.24, 2.45) is 5.92 Å². The lowest BCUT2D eigenvalue weighted by molar-refractivity contribution is -0.0805. The lowest BCUT2D eigenvalue weighted by Gasteiger charge is -2.48. The molecule has 0 amide bonds. The minimum absolute atomic E-state index is 0.109. The first-order valence-corrected chi connectivity index (χ1v) is 6.84. The Labute approximate surface area is 111 Å². The number of aliphatic hydroxyl groups is 1. The normalized spacial score (nSPS) is 30.4. The average molecular weight is 247 g/mol. The third-order valence-corrected chi connectivity index (χ3v) is 3.93. The second-order valence-corrected chi connectivity index (χ2v) is 6.76. The van der Waals surface area contributed by atoms with E-state index in [1.165, 1.54) is 0 Å². The smallest absolute Gasteiger partial charge is 0.103 e. The first-order chi connectivity index (χ1) is 8.31. The first kappa shape index (κ1) is 13.6. The molecule has 0 aromatic heterocycles. The Morgan fingerprint density at radius 3 is 2.39 bits per heavy atom. The van der Waals surface area contributed by atoms with Gasteiger partial charge in [0.1, 0.15) is 5.60 Å². The van der Waals surface area contributed by atoms with Gasteiger partial charge in [0.2, 0.25) is 0 Å². The van der Waals surface area contributed by atoms with E-state index in [2.05, 4.69) is 32.6 Å². The van der Waals surface area contributed by atoms with Gasteiger partial charge < -0.3 is 5.11 Å². The molecule has 2 atom stereocenters. The lowest BCUT2D eigenvalue weighted by Crippen LogP contribution is -2.55. The van der Waals surface area contributed by atoms with E-state index < -0.39 is 5.60 Å². The lowest BCUT2D eigenvalue weighted by atomic mass is 9.79. The zero-order valence-electron chi connectivity index (χ0n) is 12.0. The maximum absolute atomic E-state index is 11.0. The highest BCUT2D eigenvalue weighted by atomic mass is 16.3. The molecule has 100 valence electrons. The predicted molar refractivity (Wildman–Crippen MR) is 75.4 cm³/mol. The van der Waals surface area contributed by atoms with Crippen molar-refractivity contribution < 1.29 is 5.11 Å². The van der Waals surface area contributed by atoms with Gasteiger partial charge in [-0.1, -0.05) is 37.3 Å². The molecule has 1 aliphatic rings.